The number of rotatable bonds is 7. The summed E-state index contributed by atoms with van der Waals surface area (Å²) in [6.45, 7) is 4.69. The molecule has 4 nitrogen and oxygen atoms in total. The van der Waals surface area contributed by atoms with E-state index in [-0.39, 0.29) is 6.04 Å². The molecule has 1 fully saturated rings. The van der Waals surface area contributed by atoms with Crippen LogP contribution in [0.2, 0.25) is 0 Å². The molecule has 1 aliphatic carbocycles. The second-order valence-electron chi connectivity index (χ2n) is 5.76. The van der Waals surface area contributed by atoms with Crippen molar-refractivity contribution in [3.05, 3.63) is 0 Å². The molecule has 0 aromatic rings. The summed E-state index contributed by atoms with van der Waals surface area (Å²) < 4.78 is 10.6. The first-order valence-corrected chi connectivity index (χ1v) is 7.70. The van der Waals surface area contributed by atoms with E-state index in [1.165, 1.54) is 32.1 Å². The Kier molecular flexibility index (Phi) is 8.62. The quantitative estimate of drug-likeness (QED) is 0.770. The summed E-state index contributed by atoms with van der Waals surface area (Å²) in [5, 5.41) is 0. The van der Waals surface area contributed by atoms with Crippen LogP contribution in [0.15, 0.2) is 0 Å². The molecule has 3 unspecified atom stereocenters. The van der Waals surface area contributed by atoms with Crippen LogP contribution in [0.5, 0.6) is 0 Å². The molecule has 1 rings (SSSR count). The van der Waals surface area contributed by atoms with Gasteiger partial charge in [-0.15, -0.1) is 0 Å². The third-order valence-corrected chi connectivity index (χ3v) is 4.24. The second-order valence-corrected chi connectivity index (χ2v) is 5.76. The van der Waals surface area contributed by atoms with E-state index in [1.807, 2.05) is 0 Å². The van der Waals surface area contributed by atoms with Crippen molar-refractivity contribution in [1.29, 1.82) is 0 Å². The van der Waals surface area contributed by atoms with Crippen molar-refractivity contribution in [2.75, 3.05) is 34.0 Å². The van der Waals surface area contributed by atoms with Crippen molar-refractivity contribution in [2.45, 2.75) is 63.6 Å². The van der Waals surface area contributed by atoms with E-state index in [9.17, 15) is 0 Å². The van der Waals surface area contributed by atoms with Gasteiger partial charge in [0.1, 0.15) is 0 Å². The van der Waals surface area contributed by atoms with Crippen LogP contribution < -0.4 is 5.73 Å². The van der Waals surface area contributed by atoms with Gasteiger partial charge < -0.3 is 15.2 Å². The van der Waals surface area contributed by atoms with Gasteiger partial charge in [0.2, 0.25) is 0 Å². The van der Waals surface area contributed by atoms with Crippen LogP contribution in [0.3, 0.4) is 0 Å². The second kappa shape index (κ2) is 9.70. The van der Waals surface area contributed by atoms with Gasteiger partial charge in [0.15, 0.2) is 0 Å². The first kappa shape index (κ1) is 16.9. The van der Waals surface area contributed by atoms with Crippen molar-refractivity contribution < 1.29 is 9.47 Å². The molecule has 0 spiro atoms. The van der Waals surface area contributed by atoms with Gasteiger partial charge in [-0.25, -0.2) is 0 Å². The van der Waals surface area contributed by atoms with E-state index in [1.54, 1.807) is 14.2 Å². The molecule has 2 N–H and O–H groups in total. The van der Waals surface area contributed by atoms with E-state index >= 15 is 0 Å². The van der Waals surface area contributed by atoms with E-state index in [2.05, 4.69) is 11.8 Å². The Morgan fingerprint density at radius 2 is 1.79 bits per heavy atom. The van der Waals surface area contributed by atoms with Gasteiger partial charge in [0.25, 0.3) is 0 Å². The highest BCUT2D eigenvalue weighted by Crippen LogP contribution is 2.22. The number of hydrogen-bond acceptors (Lipinski definition) is 4. The molecule has 3 atom stereocenters. The molecule has 0 amide bonds. The zero-order valence-electron chi connectivity index (χ0n) is 12.9. The van der Waals surface area contributed by atoms with Crippen molar-refractivity contribution in [3.8, 4) is 0 Å². The van der Waals surface area contributed by atoms with Gasteiger partial charge >= 0.3 is 0 Å². The highest BCUT2D eigenvalue weighted by molar-refractivity contribution is 4.86. The molecule has 1 aliphatic rings. The van der Waals surface area contributed by atoms with Crippen molar-refractivity contribution >= 4 is 0 Å². The molecule has 0 bridgehead atoms. The molecule has 19 heavy (non-hydrogen) atoms. The van der Waals surface area contributed by atoms with Crippen LogP contribution in [0.25, 0.3) is 0 Å². The number of hydrogen-bond donors (Lipinski definition) is 1. The van der Waals surface area contributed by atoms with Crippen LogP contribution in [0.1, 0.15) is 45.4 Å². The highest BCUT2D eigenvalue weighted by Gasteiger charge is 2.28. The molecule has 0 aliphatic heterocycles. The Morgan fingerprint density at radius 1 is 1.11 bits per heavy atom. The lowest BCUT2D eigenvalue weighted by Gasteiger charge is -2.40. The Morgan fingerprint density at radius 3 is 2.42 bits per heavy atom. The van der Waals surface area contributed by atoms with E-state index in [0.29, 0.717) is 12.1 Å². The largest absolute Gasteiger partial charge is 0.383 e. The van der Waals surface area contributed by atoms with Gasteiger partial charge in [0, 0.05) is 38.9 Å². The topological polar surface area (TPSA) is 47.7 Å². The summed E-state index contributed by atoms with van der Waals surface area (Å²) in [7, 11) is 3.53. The fourth-order valence-corrected chi connectivity index (χ4v) is 3.15. The van der Waals surface area contributed by atoms with Gasteiger partial charge in [-0.05, 0) is 19.8 Å². The van der Waals surface area contributed by atoms with Crippen molar-refractivity contribution in [1.82, 2.24) is 4.90 Å². The number of ether oxygens (including phenoxy) is 2. The Labute approximate surface area is 118 Å². The summed E-state index contributed by atoms with van der Waals surface area (Å²) in [5.41, 5.74) is 6.43. The van der Waals surface area contributed by atoms with Crippen LogP contribution >= 0.6 is 0 Å². The summed E-state index contributed by atoms with van der Waals surface area (Å²) in [6.07, 6.45) is 7.61. The molecule has 114 valence electrons. The van der Waals surface area contributed by atoms with Crippen LogP contribution in [-0.2, 0) is 9.47 Å². The normalized spacial score (nSPS) is 27.0. The summed E-state index contributed by atoms with van der Waals surface area (Å²) in [6, 6.07) is 1.16. The lowest BCUT2D eigenvalue weighted by molar-refractivity contribution is 0.0325. The first-order chi connectivity index (χ1) is 9.20. The molecular weight excluding hydrogens is 240 g/mol. The third-order valence-electron chi connectivity index (χ3n) is 4.24. The molecule has 0 aromatic heterocycles. The fraction of sp³-hybridized carbons (Fsp3) is 1.00. The smallest absolute Gasteiger partial charge is 0.0615 e. The summed E-state index contributed by atoms with van der Waals surface area (Å²) in [4.78, 5) is 2.50. The zero-order chi connectivity index (χ0) is 14.1. The van der Waals surface area contributed by atoms with E-state index < -0.39 is 0 Å². The fourth-order valence-electron chi connectivity index (χ4n) is 3.15. The number of nitrogens with two attached hydrogens (primary N) is 1. The number of nitrogens with zero attached hydrogens (tertiary/aromatic N) is 1. The molecule has 1 saturated carbocycles. The van der Waals surface area contributed by atoms with Gasteiger partial charge in [-0.1, -0.05) is 25.7 Å². The highest BCUT2D eigenvalue weighted by atomic mass is 16.5. The van der Waals surface area contributed by atoms with Gasteiger partial charge in [-0.2, -0.15) is 0 Å². The maximum absolute atomic E-state index is 6.43. The lowest BCUT2D eigenvalue weighted by Crippen LogP contribution is -2.53. The predicted octanol–water partition coefficient (Wildman–Crippen LogP) is 2.02. The first-order valence-electron chi connectivity index (χ1n) is 7.70. The Hall–Kier alpha value is -0.160. The minimum atomic E-state index is 0.288. The maximum atomic E-state index is 6.43. The third kappa shape index (κ3) is 5.78. The van der Waals surface area contributed by atoms with Gasteiger partial charge in [0.05, 0.1) is 13.2 Å². The van der Waals surface area contributed by atoms with Crippen molar-refractivity contribution in [3.63, 3.8) is 0 Å². The van der Waals surface area contributed by atoms with Crippen LogP contribution in [-0.4, -0.2) is 57.0 Å². The number of methoxy groups -OCH3 is 2. The molecular formula is C15H32N2O2. The monoisotopic (exact) mass is 272 g/mol. The van der Waals surface area contributed by atoms with Gasteiger partial charge in [-0.3, -0.25) is 4.90 Å². The predicted molar refractivity (Wildman–Crippen MR) is 79.4 cm³/mol. The molecule has 0 aromatic carbocycles. The Balaban J connectivity index is 2.67. The standard InChI is InChI=1S/C15H32N2O2/c1-13(12-19-3)17(10-11-18-2)15-9-7-5-4-6-8-14(15)16/h13-15H,4-12,16H2,1-3H3. The Bertz CT molecular complexity index is 226. The average molecular weight is 272 g/mol. The zero-order valence-corrected chi connectivity index (χ0v) is 12.9. The van der Waals surface area contributed by atoms with E-state index in [0.717, 1.165) is 26.2 Å². The summed E-state index contributed by atoms with van der Waals surface area (Å²) in [5.74, 6) is 0. The SMILES string of the molecule is COCCN(C(C)COC)C1CCCCCCC1N. The molecule has 4 heteroatoms. The van der Waals surface area contributed by atoms with E-state index in [4.69, 9.17) is 15.2 Å². The minimum absolute atomic E-state index is 0.288. The van der Waals surface area contributed by atoms with Crippen LogP contribution in [0.4, 0.5) is 0 Å². The lowest BCUT2D eigenvalue weighted by atomic mass is 9.91. The minimum Gasteiger partial charge on any atom is -0.383 e. The molecule has 0 heterocycles. The molecule has 0 saturated heterocycles. The average Bonchev–Trinajstić information content (AvgIpc) is 2.37. The van der Waals surface area contributed by atoms with Crippen molar-refractivity contribution in [2.24, 2.45) is 5.73 Å². The molecule has 0 radical (unpaired) electrons. The summed E-state index contributed by atoms with van der Waals surface area (Å²) >= 11 is 0. The van der Waals surface area contributed by atoms with Crippen LogP contribution in [0, 0.1) is 0 Å². The maximum Gasteiger partial charge on any atom is 0.0615 e.